The topological polar surface area (TPSA) is 74.8 Å². The third kappa shape index (κ3) is 5.13. The van der Waals surface area contributed by atoms with Crippen molar-refractivity contribution in [2.45, 2.75) is 25.7 Å². The van der Waals surface area contributed by atoms with Crippen molar-refractivity contribution >= 4 is 5.91 Å². The van der Waals surface area contributed by atoms with E-state index in [1.54, 1.807) is 25.1 Å². The van der Waals surface area contributed by atoms with Gasteiger partial charge in [-0.25, -0.2) is 9.37 Å². The van der Waals surface area contributed by atoms with Gasteiger partial charge in [0.15, 0.2) is 0 Å². The van der Waals surface area contributed by atoms with Gasteiger partial charge in [-0.1, -0.05) is 48.5 Å². The average Bonchev–Trinajstić information content (AvgIpc) is 2.67. The first-order valence-electron chi connectivity index (χ1n) is 9.16. The Morgan fingerprint density at radius 1 is 1.14 bits per heavy atom. The summed E-state index contributed by atoms with van der Waals surface area (Å²) in [4.78, 5) is 30.8. The molecule has 0 spiro atoms. The highest BCUT2D eigenvalue weighted by molar-refractivity contribution is 5.77. The summed E-state index contributed by atoms with van der Waals surface area (Å²) in [5.74, 6) is -0.342. The number of benzene rings is 2. The molecule has 0 saturated heterocycles. The van der Waals surface area contributed by atoms with Crippen LogP contribution in [0.3, 0.4) is 0 Å². The highest BCUT2D eigenvalue weighted by Gasteiger charge is 2.20. The number of carbonyl (C=O) groups excluding carboxylic acids is 1. The summed E-state index contributed by atoms with van der Waals surface area (Å²) < 4.78 is 14.4. The van der Waals surface area contributed by atoms with Gasteiger partial charge in [0.1, 0.15) is 11.6 Å². The Bertz CT molecular complexity index is 1000. The minimum absolute atomic E-state index is 0.132. The number of carbonyl (C=O) groups is 1. The fourth-order valence-electron chi connectivity index (χ4n) is 3.21. The zero-order valence-electron chi connectivity index (χ0n) is 15.6. The summed E-state index contributed by atoms with van der Waals surface area (Å²) >= 11 is 0. The second-order valence-corrected chi connectivity index (χ2v) is 6.61. The Hall–Kier alpha value is -3.28. The van der Waals surface area contributed by atoms with E-state index in [1.165, 1.54) is 12.1 Å². The molecule has 0 aliphatic carbocycles. The van der Waals surface area contributed by atoms with Crippen LogP contribution in [0.2, 0.25) is 0 Å². The van der Waals surface area contributed by atoms with Crippen LogP contribution >= 0.6 is 0 Å². The second kappa shape index (κ2) is 9.08. The molecule has 3 rings (SSSR count). The van der Waals surface area contributed by atoms with Crippen molar-refractivity contribution in [3.05, 3.63) is 99.5 Å². The number of nitrogens with one attached hydrogen (secondary N) is 2. The molecule has 0 saturated carbocycles. The Balaban J connectivity index is 1.68. The van der Waals surface area contributed by atoms with Gasteiger partial charge in [0.05, 0.1) is 0 Å². The third-order valence-corrected chi connectivity index (χ3v) is 4.49. The maximum Gasteiger partial charge on any atom is 0.251 e. The van der Waals surface area contributed by atoms with E-state index in [4.69, 9.17) is 0 Å². The van der Waals surface area contributed by atoms with Crippen LogP contribution in [0.1, 0.15) is 35.0 Å². The molecule has 0 aliphatic heterocycles. The molecule has 144 valence electrons. The first kappa shape index (κ1) is 19.5. The number of aryl methyl sites for hydroxylation is 1. The van der Waals surface area contributed by atoms with Crippen molar-refractivity contribution in [1.29, 1.82) is 0 Å². The molecule has 0 bridgehead atoms. The number of aromatic amines is 1. The van der Waals surface area contributed by atoms with Crippen molar-refractivity contribution in [3.8, 4) is 0 Å². The number of H-pyrrole nitrogens is 1. The van der Waals surface area contributed by atoms with Crippen molar-refractivity contribution in [2.24, 2.45) is 0 Å². The molecule has 2 N–H and O–H groups in total. The summed E-state index contributed by atoms with van der Waals surface area (Å²) in [5.41, 5.74) is 1.79. The monoisotopic (exact) mass is 379 g/mol. The zero-order valence-corrected chi connectivity index (χ0v) is 15.6. The van der Waals surface area contributed by atoms with Gasteiger partial charge in [-0.05, 0) is 24.1 Å². The molecule has 0 radical (unpaired) electrons. The van der Waals surface area contributed by atoms with Crippen LogP contribution in [0.5, 0.6) is 0 Å². The maximum atomic E-state index is 14.4. The molecule has 0 fully saturated rings. The lowest BCUT2D eigenvalue weighted by Gasteiger charge is -2.18. The molecule has 0 aliphatic rings. The molecule has 1 heterocycles. The Morgan fingerprint density at radius 3 is 2.57 bits per heavy atom. The van der Waals surface area contributed by atoms with Crippen LogP contribution in [0.15, 0.2) is 65.5 Å². The van der Waals surface area contributed by atoms with E-state index in [0.29, 0.717) is 30.0 Å². The first-order valence-corrected chi connectivity index (χ1v) is 9.16. The normalized spacial score (nSPS) is 11.8. The second-order valence-electron chi connectivity index (χ2n) is 6.61. The van der Waals surface area contributed by atoms with Crippen molar-refractivity contribution < 1.29 is 9.18 Å². The number of amides is 1. The van der Waals surface area contributed by atoms with Gasteiger partial charge in [-0.3, -0.25) is 9.59 Å². The molecule has 1 atom stereocenters. The van der Waals surface area contributed by atoms with Gasteiger partial charge in [-0.2, -0.15) is 0 Å². The van der Waals surface area contributed by atoms with Crippen molar-refractivity contribution in [1.82, 2.24) is 15.3 Å². The first-order chi connectivity index (χ1) is 13.5. The highest BCUT2D eigenvalue weighted by atomic mass is 19.1. The molecule has 6 heteroatoms. The van der Waals surface area contributed by atoms with Crippen LogP contribution in [0.4, 0.5) is 4.39 Å². The molecular formula is C22H22FN3O2. The standard InChI is InChI=1S/C22H22FN3O2/c1-15-25-17(13-22(28)26-15)11-12-24-21(27)14-19(16-7-3-2-4-8-16)18-9-5-6-10-20(18)23/h2-10,13,19H,11-12,14H2,1H3,(H,24,27)(H,25,26,28)/t19-/m1/s1. The SMILES string of the molecule is Cc1nc(CCNC(=O)C[C@H](c2ccccc2)c2ccccc2F)cc(=O)[nH]1. The van der Waals surface area contributed by atoms with Gasteiger partial charge >= 0.3 is 0 Å². The molecule has 2 aromatic carbocycles. The van der Waals surface area contributed by atoms with Crippen LogP contribution in [-0.2, 0) is 11.2 Å². The van der Waals surface area contributed by atoms with E-state index >= 15 is 0 Å². The number of nitrogens with zero attached hydrogens (tertiary/aromatic N) is 1. The number of hydrogen-bond acceptors (Lipinski definition) is 3. The number of hydrogen-bond donors (Lipinski definition) is 2. The van der Waals surface area contributed by atoms with Gasteiger partial charge < -0.3 is 10.3 Å². The van der Waals surface area contributed by atoms with Gasteiger partial charge in [-0.15, -0.1) is 0 Å². The summed E-state index contributed by atoms with van der Waals surface area (Å²) in [5, 5.41) is 2.85. The smallest absolute Gasteiger partial charge is 0.251 e. The van der Waals surface area contributed by atoms with Gasteiger partial charge in [0.25, 0.3) is 5.56 Å². The lowest BCUT2D eigenvalue weighted by atomic mass is 9.88. The van der Waals surface area contributed by atoms with E-state index in [2.05, 4.69) is 15.3 Å². The quantitative estimate of drug-likeness (QED) is 0.662. The fourth-order valence-corrected chi connectivity index (χ4v) is 3.21. The minimum atomic E-state index is -0.373. The highest BCUT2D eigenvalue weighted by Crippen LogP contribution is 2.29. The molecule has 1 amide bonds. The van der Waals surface area contributed by atoms with Crippen molar-refractivity contribution in [3.63, 3.8) is 0 Å². The minimum Gasteiger partial charge on any atom is -0.356 e. The molecule has 3 aromatic rings. The average molecular weight is 379 g/mol. The van der Waals surface area contributed by atoms with E-state index in [9.17, 15) is 14.0 Å². The maximum absolute atomic E-state index is 14.4. The Morgan fingerprint density at radius 2 is 1.86 bits per heavy atom. The van der Waals surface area contributed by atoms with Gasteiger partial charge in [0, 0.05) is 37.1 Å². The van der Waals surface area contributed by atoms with Crippen LogP contribution in [-0.4, -0.2) is 22.4 Å². The zero-order chi connectivity index (χ0) is 19.9. The molecule has 28 heavy (non-hydrogen) atoms. The van der Waals surface area contributed by atoms with E-state index in [0.717, 1.165) is 5.56 Å². The summed E-state index contributed by atoms with van der Waals surface area (Å²) in [7, 11) is 0. The summed E-state index contributed by atoms with van der Waals surface area (Å²) in [6.45, 7) is 2.07. The van der Waals surface area contributed by atoms with E-state index in [1.807, 2.05) is 30.3 Å². The molecular weight excluding hydrogens is 357 g/mol. The third-order valence-electron chi connectivity index (χ3n) is 4.49. The summed E-state index contributed by atoms with van der Waals surface area (Å²) in [6.07, 6.45) is 0.582. The largest absolute Gasteiger partial charge is 0.356 e. The van der Waals surface area contributed by atoms with E-state index < -0.39 is 0 Å². The lowest BCUT2D eigenvalue weighted by Crippen LogP contribution is -2.28. The molecule has 1 aromatic heterocycles. The van der Waals surface area contributed by atoms with Crippen molar-refractivity contribution in [2.75, 3.05) is 6.54 Å². The lowest BCUT2D eigenvalue weighted by molar-refractivity contribution is -0.121. The predicted octanol–water partition coefficient (Wildman–Crippen LogP) is 3.10. The number of halogens is 1. The Kier molecular flexibility index (Phi) is 6.32. The summed E-state index contributed by atoms with van der Waals surface area (Å²) in [6, 6.07) is 17.4. The van der Waals surface area contributed by atoms with Gasteiger partial charge in [0.2, 0.25) is 5.91 Å². The Labute approximate surface area is 162 Å². The van der Waals surface area contributed by atoms with E-state index in [-0.39, 0.29) is 29.6 Å². The van der Waals surface area contributed by atoms with Crippen LogP contribution < -0.4 is 10.9 Å². The number of rotatable bonds is 7. The van der Waals surface area contributed by atoms with Crippen LogP contribution in [0.25, 0.3) is 0 Å². The molecule has 5 nitrogen and oxygen atoms in total. The number of aromatic nitrogens is 2. The molecule has 0 unspecified atom stereocenters. The predicted molar refractivity (Wildman–Crippen MR) is 106 cm³/mol. The fraction of sp³-hybridized carbons (Fsp3) is 0.227. The van der Waals surface area contributed by atoms with Crippen LogP contribution in [0, 0.1) is 12.7 Å².